The van der Waals surface area contributed by atoms with Crippen LogP contribution in [0.25, 0.3) is 0 Å². The van der Waals surface area contributed by atoms with Crippen molar-refractivity contribution in [2.45, 2.75) is 87.6 Å². The Labute approximate surface area is 293 Å². The van der Waals surface area contributed by atoms with Gasteiger partial charge >= 0.3 is 12.1 Å². The van der Waals surface area contributed by atoms with Gasteiger partial charge in [-0.3, -0.25) is 14.5 Å². The van der Waals surface area contributed by atoms with E-state index in [1.807, 2.05) is 17.0 Å². The molecule has 0 radical (unpaired) electrons. The summed E-state index contributed by atoms with van der Waals surface area (Å²) in [4.78, 5) is 31.3. The van der Waals surface area contributed by atoms with Crippen molar-refractivity contribution in [3.05, 3.63) is 59.7 Å². The lowest BCUT2D eigenvalue weighted by atomic mass is 9.83. The first kappa shape index (κ1) is 37.9. The van der Waals surface area contributed by atoms with Crippen LogP contribution in [0.5, 0.6) is 5.75 Å². The third kappa shape index (κ3) is 8.57. The predicted octanol–water partition coefficient (Wildman–Crippen LogP) is 6.46. The highest BCUT2D eigenvalue weighted by atomic mass is 19.4. The molecule has 0 aromatic heterocycles. The number of anilines is 1. The van der Waals surface area contributed by atoms with E-state index in [0.717, 1.165) is 49.4 Å². The molecule has 0 bridgehead atoms. The fourth-order valence-electron chi connectivity index (χ4n) is 8.28. The molecule has 1 amide bonds. The van der Waals surface area contributed by atoms with Gasteiger partial charge in [-0.15, -0.1) is 0 Å². The average Bonchev–Trinajstić information content (AvgIpc) is 3.78. The number of methoxy groups -OCH3 is 3. The van der Waals surface area contributed by atoms with Gasteiger partial charge in [0.25, 0.3) is 5.91 Å². The minimum atomic E-state index is -4.35. The van der Waals surface area contributed by atoms with Crippen LogP contribution in [0.3, 0.4) is 0 Å². The van der Waals surface area contributed by atoms with Gasteiger partial charge in [0.05, 0.1) is 31.2 Å². The third-order valence-electron chi connectivity index (χ3n) is 11.1. The number of alkyl halides is 3. The van der Waals surface area contributed by atoms with Crippen molar-refractivity contribution in [1.82, 2.24) is 9.80 Å². The molecule has 12 heteroatoms. The van der Waals surface area contributed by atoms with Crippen molar-refractivity contribution >= 4 is 17.6 Å². The van der Waals surface area contributed by atoms with E-state index in [9.17, 15) is 22.8 Å². The molecule has 1 saturated carbocycles. The Kier molecular flexibility index (Phi) is 12.7. The second kappa shape index (κ2) is 16.8. The maximum atomic E-state index is 14.1. The van der Waals surface area contributed by atoms with Crippen LogP contribution in [-0.4, -0.2) is 105 Å². The van der Waals surface area contributed by atoms with Crippen molar-refractivity contribution in [3.8, 4) is 5.75 Å². The second-order valence-corrected chi connectivity index (χ2v) is 14.0. The number of amides is 1. The summed E-state index contributed by atoms with van der Waals surface area (Å²) in [6.07, 6.45) is 4.94. The molecule has 276 valence electrons. The molecule has 50 heavy (non-hydrogen) atoms. The lowest BCUT2D eigenvalue weighted by Crippen LogP contribution is -2.56. The number of aliphatic carboxylic acids is 1. The number of ether oxygens (including phenoxy) is 3. The number of carbonyl (C=O) groups is 2. The number of nitrogens with zero attached hydrogens (tertiary/aromatic N) is 3. The minimum absolute atomic E-state index is 0.00151. The molecule has 2 aromatic rings. The van der Waals surface area contributed by atoms with Gasteiger partial charge in [-0.25, -0.2) is 0 Å². The number of likely N-dealkylation sites (tertiary alicyclic amines) is 2. The Hall–Kier alpha value is -3.35. The Morgan fingerprint density at radius 3 is 2.20 bits per heavy atom. The molecule has 3 heterocycles. The summed E-state index contributed by atoms with van der Waals surface area (Å²) in [5.74, 6) is -0.249. The number of carboxylic acids is 1. The normalized spacial score (nSPS) is 25.3. The maximum absolute atomic E-state index is 14.1. The predicted molar refractivity (Wildman–Crippen MR) is 185 cm³/mol. The van der Waals surface area contributed by atoms with Gasteiger partial charge < -0.3 is 29.1 Å². The standard InChI is InChI=1S/C25H38N2O4.C13H14F3NO2/c1-29-17-21-10-7-15-27(21)24(28)25(31-3)18-26(20-8-5-4-6-9-20)16-23(25)19-11-13-22(30-2)14-12-19;14-13(15,16)10-2-1-3-11(8-10)17-6-4-9(5-7-17)12(18)19/h11-14,20-21,23H,4-10,15-18H2,1-3H3;1-3,8-9H,4-7H2,(H,18,19)/t21?,23-,25-;/m0./s1. The minimum Gasteiger partial charge on any atom is -0.497 e. The lowest BCUT2D eigenvalue weighted by Gasteiger charge is -2.38. The smallest absolute Gasteiger partial charge is 0.416 e. The van der Waals surface area contributed by atoms with Crippen molar-refractivity contribution < 1.29 is 42.1 Å². The summed E-state index contributed by atoms with van der Waals surface area (Å²) in [6.45, 7) is 3.84. The van der Waals surface area contributed by atoms with E-state index in [1.54, 1.807) is 32.3 Å². The number of halogens is 3. The van der Waals surface area contributed by atoms with Crippen LogP contribution in [-0.2, 0) is 25.2 Å². The Morgan fingerprint density at radius 1 is 0.900 bits per heavy atom. The summed E-state index contributed by atoms with van der Waals surface area (Å²) in [6, 6.07) is 14.0. The quantitative estimate of drug-likeness (QED) is 0.319. The SMILES string of the molecule is COCC1CCCN1C(=O)[C@]1(OC)CN(C2CCCCC2)C[C@H]1c1ccc(OC)cc1.O=C(O)C1CCN(c2cccc(C(F)(F)F)c2)CC1. The Bertz CT molecular complexity index is 1410. The summed E-state index contributed by atoms with van der Waals surface area (Å²) in [5.41, 5.74) is 0.114. The molecule has 1 N–H and O–H groups in total. The lowest BCUT2D eigenvalue weighted by molar-refractivity contribution is -0.157. The number of benzene rings is 2. The number of hydrogen-bond donors (Lipinski definition) is 1. The molecule has 4 aliphatic rings. The van der Waals surface area contributed by atoms with Crippen LogP contribution >= 0.6 is 0 Å². The maximum Gasteiger partial charge on any atom is 0.416 e. The van der Waals surface area contributed by atoms with E-state index < -0.39 is 23.3 Å². The molecular formula is C38H52F3N3O6. The van der Waals surface area contributed by atoms with Crippen molar-refractivity contribution in [3.63, 3.8) is 0 Å². The monoisotopic (exact) mass is 703 g/mol. The first-order chi connectivity index (χ1) is 24.0. The van der Waals surface area contributed by atoms with Gasteiger partial charge in [0.2, 0.25) is 0 Å². The van der Waals surface area contributed by atoms with E-state index in [1.165, 1.54) is 38.2 Å². The number of rotatable bonds is 9. The zero-order chi connectivity index (χ0) is 35.9. The summed E-state index contributed by atoms with van der Waals surface area (Å²) in [5, 5.41) is 8.88. The highest BCUT2D eigenvalue weighted by Crippen LogP contribution is 2.44. The number of hydrogen-bond acceptors (Lipinski definition) is 7. The van der Waals surface area contributed by atoms with Crippen molar-refractivity contribution in [2.75, 3.05) is 65.6 Å². The van der Waals surface area contributed by atoms with Gasteiger partial charge in [-0.2, -0.15) is 13.2 Å². The average molecular weight is 704 g/mol. The summed E-state index contributed by atoms with van der Waals surface area (Å²) < 4.78 is 54.9. The van der Waals surface area contributed by atoms with Gasteiger partial charge in [-0.05, 0) is 74.4 Å². The Balaban J connectivity index is 0.000000219. The Morgan fingerprint density at radius 2 is 1.60 bits per heavy atom. The first-order valence-corrected chi connectivity index (χ1v) is 17.9. The topological polar surface area (TPSA) is 91.8 Å². The zero-order valence-corrected chi connectivity index (χ0v) is 29.5. The number of carbonyl (C=O) groups excluding carboxylic acids is 1. The molecular weight excluding hydrogens is 651 g/mol. The number of piperidine rings is 1. The second-order valence-electron chi connectivity index (χ2n) is 14.0. The molecule has 2 aromatic carbocycles. The molecule has 9 nitrogen and oxygen atoms in total. The molecule has 4 fully saturated rings. The van der Waals surface area contributed by atoms with Gasteiger partial charge in [0.15, 0.2) is 5.60 Å². The van der Waals surface area contributed by atoms with Gasteiger partial charge in [-0.1, -0.05) is 37.5 Å². The highest BCUT2D eigenvalue weighted by molar-refractivity contribution is 5.88. The van der Waals surface area contributed by atoms with E-state index in [0.29, 0.717) is 50.8 Å². The zero-order valence-electron chi connectivity index (χ0n) is 29.5. The molecule has 3 aliphatic heterocycles. The molecule has 1 aliphatic carbocycles. The van der Waals surface area contributed by atoms with Crippen molar-refractivity contribution in [2.24, 2.45) is 5.92 Å². The number of carboxylic acid groups (broad SMARTS) is 1. The molecule has 1 unspecified atom stereocenters. The third-order valence-corrected chi connectivity index (χ3v) is 11.1. The van der Waals surface area contributed by atoms with Crippen LogP contribution in [0.15, 0.2) is 48.5 Å². The molecule has 6 rings (SSSR count). The van der Waals surface area contributed by atoms with Gasteiger partial charge in [0.1, 0.15) is 5.75 Å². The highest BCUT2D eigenvalue weighted by Gasteiger charge is 2.57. The van der Waals surface area contributed by atoms with E-state index in [2.05, 4.69) is 17.0 Å². The van der Waals surface area contributed by atoms with E-state index in [-0.39, 0.29) is 23.8 Å². The fourth-order valence-corrected chi connectivity index (χ4v) is 8.28. The molecule has 3 saturated heterocycles. The largest absolute Gasteiger partial charge is 0.497 e. The van der Waals surface area contributed by atoms with Crippen LogP contribution in [0.4, 0.5) is 18.9 Å². The van der Waals surface area contributed by atoms with Crippen LogP contribution < -0.4 is 9.64 Å². The summed E-state index contributed by atoms with van der Waals surface area (Å²) in [7, 11) is 5.12. The van der Waals surface area contributed by atoms with Crippen LogP contribution in [0.1, 0.15) is 74.8 Å². The molecule has 3 atom stereocenters. The first-order valence-electron chi connectivity index (χ1n) is 17.9. The molecule has 0 spiro atoms. The fraction of sp³-hybridized carbons (Fsp3) is 0.632. The van der Waals surface area contributed by atoms with E-state index >= 15 is 0 Å². The van der Waals surface area contributed by atoms with E-state index in [4.69, 9.17) is 19.3 Å². The van der Waals surface area contributed by atoms with Gasteiger partial charge in [0, 0.05) is 64.6 Å². The van der Waals surface area contributed by atoms with Crippen LogP contribution in [0.2, 0.25) is 0 Å². The van der Waals surface area contributed by atoms with Crippen LogP contribution in [0, 0.1) is 5.92 Å². The van der Waals surface area contributed by atoms with Crippen molar-refractivity contribution in [1.29, 1.82) is 0 Å². The summed E-state index contributed by atoms with van der Waals surface area (Å²) >= 11 is 0.